The van der Waals surface area contributed by atoms with Gasteiger partial charge in [-0.25, -0.2) is 13.1 Å². The second-order valence-corrected chi connectivity index (χ2v) is 6.94. The minimum atomic E-state index is -3.69. The number of nitro groups is 1. The van der Waals surface area contributed by atoms with E-state index in [-0.39, 0.29) is 17.1 Å². The summed E-state index contributed by atoms with van der Waals surface area (Å²) in [7, 11) is -2.09. The zero-order valence-electron chi connectivity index (χ0n) is 13.6. The monoisotopic (exact) mass is 365 g/mol. The maximum absolute atomic E-state index is 12.1. The predicted molar refractivity (Wildman–Crippen MR) is 93.0 cm³/mol. The lowest BCUT2D eigenvalue weighted by molar-refractivity contribution is -0.384. The van der Waals surface area contributed by atoms with Crippen LogP contribution in [-0.2, 0) is 16.6 Å². The molecule has 0 bridgehead atoms. The van der Waals surface area contributed by atoms with Crippen LogP contribution in [0.25, 0.3) is 0 Å². The average molecular weight is 365 g/mol. The highest BCUT2D eigenvalue weighted by Gasteiger charge is 2.15. The Morgan fingerprint density at radius 2 is 1.84 bits per heavy atom. The Kier molecular flexibility index (Phi) is 6.45. The smallest absolute Gasteiger partial charge is 0.269 e. The maximum atomic E-state index is 12.1. The van der Waals surface area contributed by atoms with Gasteiger partial charge in [-0.2, -0.15) is 0 Å². The molecule has 0 saturated heterocycles. The van der Waals surface area contributed by atoms with Gasteiger partial charge < -0.3 is 10.1 Å². The highest BCUT2D eigenvalue weighted by atomic mass is 32.2. The zero-order chi connectivity index (χ0) is 18.3. The van der Waals surface area contributed by atoms with Crippen LogP contribution < -0.4 is 14.8 Å². The topological polar surface area (TPSA) is 111 Å². The Morgan fingerprint density at radius 1 is 1.12 bits per heavy atom. The standard InChI is InChI=1S/C16H19N3O5S/c1-24-15-4-2-3-13(11-15)12-17-9-10-18-25(22,23)16-7-5-14(6-8-16)19(20)21/h2-8,11,17-18H,9-10,12H2,1H3. The van der Waals surface area contributed by atoms with Gasteiger partial charge in [-0.1, -0.05) is 12.1 Å². The van der Waals surface area contributed by atoms with Crippen molar-refractivity contribution in [2.45, 2.75) is 11.4 Å². The van der Waals surface area contributed by atoms with Crippen LogP contribution in [0.15, 0.2) is 53.4 Å². The normalized spacial score (nSPS) is 11.2. The van der Waals surface area contributed by atoms with Crippen molar-refractivity contribution in [3.05, 3.63) is 64.2 Å². The molecule has 0 heterocycles. The van der Waals surface area contributed by atoms with Crippen LogP contribution in [0.2, 0.25) is 0 Å². The van der Waals surface area contributed by atoms with E-state index < -0.39 is 14.9 Å². The molecule has 0 aliphatic carbocycles. The van der Waals surface area contributed by atoms with E-state index in [0.29, 0.717) is 13.1 Å². The van der Waals surface area contributed by atoms with Gasteiger partial charge in [0.25, 0.3) is 5.69 Å². The van der Waals surface area contributed by atoms with Crippen LogP contribution in [0.5, 0.6) is 5.75 Å². The van der Waals surface area contributed by atoms with Crippen LogP contribution in [0, 0.1) is 10.1 Å². The maximum Gasteiger partial charge on any atom is 0.269 e. The zero-order valence-corrected chi connectivity index (χ0v) is 14.5. The van der Waals surface area contributed by atoms with Gasteiger partial charge in [-0.05, 0) is 29.8 Å². The molecule has 0 fully saturated rings. The van der Waals surface area contributed by atoms with Crippen molar-refractivity contribution in [2.24, 2.45) is 0 Å². The van der Waals surface area contributed by atoms with Crippen molar-refractivity contribution in [3.63, 3.8) is 0 Å². The molecular formula is C16H19N3O5S. The third-order valence-corrected chi connectivity index (χ3v) is 4.89. The third-order valence-electron chi connectivity index (χ3n) is 3.41. The largest absolute Gasteiger partial charge is 0.497 e. The Labute approximate surface area is 146 Å². The molecular weight excluding hydrogens is 346 g/mol. The summed E-state index contributed by atoms with van der Waals surface area (Å²) < 4.78 is 31.8. The van der Waals surface area contributed by atoms with E-state index in [1.165, 1.54) is 12.1 Å². The van der Waals surface area contributed by atoms with Crippen molar-refractivity contribution >= 4 is 15.7 Å². The molecule has 2 aromatic rings. The van der Waals surface area contributed by atoms with Crippen molar-refractivity contribution in [1.29, 1.82) is 0 Å². The van der Waals surface area contributed by atoms with Gasteiger partial charge in [0.15, 0.2) is 0 Å². The molecule has 0 aliphatic rings. The fraction of sp³-hybridized carbons (Fsp3) is 0.250. The highest BCUT2D eigenvalue weighted by Crippen LogP contribution is 2.15. The summed E-state index contributed by atoms with van der Waals surface area (Å²) in [6.45, 7) is 1.21. The molecule has 0 radical (unpaired) electrons. The summed E-state index contributed by atoms with van der Waals surface area (Å²) in [5, 5.41) is 13.7. The van der Waals surface area contributed by atoms with E-state index in [1.807, 2.05) is 24.3 Å². The van der Waals surface area contributed by atoms with Crippen molar-refractivity contribution in [2.75, 3.05) is 20.2 Å². The van der Waals surface area contributed by atoms with Gasteiger partial charge in [0.1, 0.15) is 5.75 Å². The van der Waals surface area contributed by atoms with Gasteiger partial charge in [0.05, 0.1) is 16.9 Å². The lowest BCUT2D eigenvalue weighted by Crippen LogP contribution is -2.31. The molecule has 2 rings (SSSR count). The molecule has 134 valence electrons. The number of ether oxygens (including phenoxy) is 1. The van der Waals surface area contributed by atoms with Crippen LogP contribution in [-0.4, -0.2) is 33.5 Å². The molecule has 0 aliphatic heterocycles. The van der Waals surface area contributed by atoms with E-state index in [9.17, 15) is 18.5 Å². The van der Waals surface area contributed by atoms with Gasteiger partial charge in [0, 0.05) is 31.8 Å². The number of sulfonamides is 1. The number of rotatable bonds is 9. The van der Waals surface area contributed by atoms with Gasteiger partial charge in [-0.15, -0.1) is 0 Å². The summed E-state index contributed by atoms with van der Waals surface area (Å²) in [6, 6.07) is 12.3. The number of nitrogens with one attached hydrogen (secondary N) is 2. The van der Waals surface area contributed by atoms with Crippen LogP contribution in [0.3, 0.4) is 0 Å². The van der Waals surface area contributed by atoms with E-state index in [4.69, 9.17) is 4.74 Å². The third kappa shape index (κ3) is 5.52. The SMILES string of the molecule is COc1cccc(CNCCNS(=O)(=O)c2ccc([N+](=O)[O-])cc2)c1. The molecule has 2 aromatic carbocycles. The molecule has 8 nitrogen and oxygen atoms in total. The van der Waals surface area contributed by atoms with Crippen LogP contribution >= 0.6 is 0 Å². The average Bonchev–Trinajstić information content (AvgIpc) is 2.61. The molecule has 2 N–H and O–H groups in total. The van der Waals surface area contributed by atoms with E-state index >= 15 is 0 Å². The van der Waals surface area contributed by atoms with Crippen molar-refractivity contribution in [1.82, 2.24) is 10.0 Å². The van der Waals surface area contributed by atoms with Gasteiger partial charge in [0.2, 0.25) is 10.0 Å². The molecule has 0 aromatic heterocycles. The first-order valence-electron chi connectivity index (χ1n) is 7.50. The Balaban J connectivity index is 1.80. The molecule has 0 atom stereocenters. The van der Waals surface area contributed by atoms with Crippen LogP contribution in [0.1, 0.15) is 5.56 Å². The van der Waals surface area contributed by atoms with E-state index in [1.54, 1.807) is 7.11 Å². The first kappa shape index (κ1) is 18.8. The highest BCUT2D eigenvalue weighted by molar-refractivity contribution is 7.89. The Morgan fingerprint density at radius 3 is 2.48 bits per heavy atom. The molecule has 25 heavy (non-hydrogen) atoms. The van der Waals surface area contributed by atoms with Crippen molar-refractivity contribution < 1.29 is 18.1 Å². The fourth-order valence-corrected chi connectivity index (χ4v) is 3.15. The number of methoxy groups -OCH3 is 1. The number of nitrogens with zero attached hydrogens (tertiary/aromatic N) is 1. The lowest BCUT2D eigenvalue weighted by atomic mass is 10.2. The lowest BCUT2D eigenvalue weighted by Gasteiger charge is -2.09. The van der Waals surface area contributed by atoms with E-state index in [2.05, 4.69) is 10.0 Å². The molecule has 0 unspecified atom stereocenters. The van der Waals surface area contributed by atoms with Crippen molar-refractivity contribution in [3.8, 4) is 5.75 Å². The second kappa shape index (κ2) is 8.56. The summed E-state index contributed by atoms with van der Waals surface area (Å²) >= 11 is 0. The first-order valence-corrected chi connectivity index (χ1v) is 8.98. The van der Waals surface area contributed by atoms with Crippen LogP contribution in [0.4, 0.5) is 5.69 Å². The first-order chi connectivity index (χ1) is 11.9. The van der Waals surface area contributed by atoms with Gasteiger partial charge in [-0.3, -0.25) is 10.1 Å². The quantitative estimate of drug-likeness (QED) is 0.397. The molecule has 9 heteroatoms. The summed E-state index contributed by atoms with van der Waals surface area (Å²) in [5.74, 6) is 0.762. The number of hydrogen-bond donors (Lipinski definition) is 2. The minimum Gasteiger partial charge on any atom is -0.497 e. The molecule has 0 saturated carbocycles. The Hall–Kier alpha value is -2.49. The second-order valence-electron chi connectivity index (χ2n) is 5.18. The number of non-ortho nitro benzene ring substituents is 1. The van der Waals surface area contributed by atoms with Gasteiger partial charge >= 0.3 is 0 Å². The minimum absolute atomic E-state index is 0.00843. The molecule has 0 amide bonds. The number of hydrogen-bond acceptors (Lipinski definition) is 6. The Bertz CT molecular complexity index is 822. The predicted octanol–water partition coefficient (Wildman–Crippen LogP) is 1.67. The summed E-state index contributed by atoms with van der Waals surface area (Å²) in [4.78, 5) is 10.0. The molecule has 0 spiro atoms. The number of benzene rings is 2. The van der Waals surface area contributed by atoms with E-state index in [0.717, 1.165) is 23.4 Å². The summed E-state index contributed by atoms with van der Waals surface area (Å²) in [6.07, 6.45) is 0. The fourth-order valence-electron chi connectivity index (χ4n) is 2.12. The summed E-state index contributed by atoms with van der Waals surface area (Å²) in [5.41, 5.74) is 0.872. The number of nitro benzene ring substituents is 1.